The summed E-state index contributed by atoms with van der Waals surface area (Å²) in [5, 5.41) is 4.01. The Balaban J connectivity index is 1.87. The number of fused-ring (bicyclic) bond motifs is 1. The van der Waals surface area contributed by atoms with Crippen LogP contribution in [0.25, 0.3) is 10.2 Å². The number of rotatable bonds is 2. The third-order valence-corrected chi connectivity index (χ3v) is 3.79. The Morgan fingerprint density at radius 3 is 2.74 bits per heavy atom. The van der Waals surface area contributed by atoms with Crippen LogP contribution in [0.2, 0.25) is 5.02 Å². The molecule has 0 aliphatic heterocycles. The third kappa shape index (κ3) is 2.59. The Morgan fingerprint density at radius 1 is 1.16 bits per heavy atom. The minimum atomic E-state index is -0.161. The molecule has 19 heavy (non-hydrogen) atoms. The summed E-state index contributed by atoms with van der Waals surface area (Å²) in [6, 6.07) is 14.5. The fraction of sp³-hybridized carbons (Fsp3) is 0. The fourth-order valence-corrected chi connectivity index (χ4v) is 2.72. The van der Waals surface area contributed by atoms with Gasteiger partial charge in [0.15, 0.2) is 5.13 Å². The Bertz CT molecular complexity index is 740. The first kappa shape index (κ1) is 12.1. The molecule has 5 heteroatoms. The predicted octanol–water partition coefficient (Wildman–Crippen LogP) is 4.20. The van der Waals surface area contributed by atoms with Gasteiger partial charge in [0.1, 0.15) is 0 Å². The quantitative estimate of drug-likeness (QED) is 0.768. The maximum Gasteiger partial charge on any atom is 0.257 e. The van der Waals surface area contributed by atoms with Crippen LogP contribution >= 0.6 is 22.9 Å². The number of hydrogen-bond donors (Lipinski definition) is 1. The van der Waals surface area contributed by atoms with Gasteiger partial charge in [-0.25, -0.2) is 4.98 Å². The molecule has 0 saturated carbocycles. The highest BCUT2D eigenvalue weighted by Gasteiger charge is 2.09. The Morgan fingerprint density at radius 2 is 1.95 bits per heavy atom. The van der Waals surface area contributed by atoms with E-state index in [4.69, 9.17) is 11.6 Å². The second-order valence-electron chi connectivity index (χ2n) is 3.95. The number of benzene rings is 2. The molecule has 0 fully saturated rings. The zero-order valence-electron chi connectivity index (χ0n) is 9.76. The summed E-state index contributed by atoms with van der Waals surface area (Å²) in [4.78, 5) is 16.3. The molecule has 94 valence electrons. The van der Waals surface area contributed by atoms with Gasteiger partial charge in [0, 0.05) is 10.6 Å². The monoisotopic (exact) mass is 288 g/mol. The summed E-state index contributed by atoms with van der Waals surface area (Å²) >= 11 is 7.33. The van der Waals surface area contributed by atoms with E-state index in [2.05, 4.69) is 10.3 Å². The number of thiazole rings is 1. The molecule has 0 unspecified atom stereocenters. The lowest BCUT2D eigenvalue weighted by Crippen LogP contribution is -2.11. The number of carbonyl (C=O) groups is 1. The average molecular weight is 289 g/mol. The van der Waals surface area contributed by atoms with Gasteiger partial charge in [-0.2, -0.15) is 0 Å². The van der Waals surface area contributed by atoms with Gasteiger partial charge in [-0.05, 0) is 30.3 Å². The van der Waals surface area contributed by atoms with Gasteiger partial charge in [-0.15, -0.1) is 0 Å². The number of halogens is 1. The normalized spacial score (nSPS) is 10.6. The molecule has 0 spiro atoms. The minimum Gasteiger partial charge on any atom is -0.298 e. The van der Waals surface area contributed by atoms with Crippen LogP contribution in [0.15, 0.2) is 48.5 Å². The minimum absolute atomic E-state index is 0.161. The lowest BCUT2D eigenvalue weighted by Gasteiger charge is -2.00. The van der Waals surface area contributed by atoms with Gasteiger partial charge in [0.25, 0.3) is 5.91 Å². The number of nitrogens with zero attached hydrogens (tertiary/aromatic N) is 1. The average Bonchev–Trinajstić information content (AvgIpc) is 2.81. The molecule has 1 heterocycles. The lowest BCUT2D eigenvalue weighted by atomic mass is 10.2. The lowest BCUT2D eigenvalue weighted by molar-refractivity contribution is 0.102. The van der Waals surface area contributed by atoms with E-state index in [0.29, 0.717) is 15.7 Å². The number of carbonyl (C=O) groups excluding carboxylic acids is 1. The molecule has 3 aromatic rings. The molecule has 2 aromatic carbocycles. The first-order chi connectivity index (χ1) is 9.22. The van der Waals surface area contributed by atoms with Crippen LogP contribution in [-0.4, -0.2) is 10.9 Å². The maximum absolute atomic E-state index is 12.0. The van der Waals surface area contributed by atoms with Gasteiger partial charge < -0.3 is 0 Å². The summed E-state index contributed by atoms with van der Waals surface area (Å²) in [6.07, 6.45) is 0. The highest BCUT2D eigenvalue weighted by atomic mass is 35.5. The van der Waals surface area contributed by atoms with Crippen molar-refractivity contribution in [2.45, 2.75) is 0 Å². The molecule has 3 nitrogen and oxygen atoms in total. The number of amides is 1. The van der Waals surface area contributed by atoms with E-state index in [1.54, 1.807) is 18.2 Å². The van der Waals surface area contributed by atoms with Crippen molar-refractivity contribution >= 4 is 44.2 Å². The van der Waals surface area contributed by atoms with Crippen molar-refractivity contribution < 1.29 is 4.79 Å². The van der Waals surface area contributed by atoms with Crippen LogP contribution in [-0.2, 0) is 0 Å². The van der Waals surface area contributed by atoms with Crippen LogP contribution in [0.1, 0.15) is 10.4 Å². The molecule has 0 aliphatic carbocycles. The van der Waals surface area contributed by atoms with Crippen LogP contribution in [0.4, 0.5) is 5.13 Å². The maximum atomic E-state index is 12.0. The van der Waals surface area contributed by atoms with Gasteiger partial charge in [0.05, 0.1) is 10.2 Å². The molecular formula is C14H9ClN2OS. The van der Waals surface area contributed by atoms with Gasteiger partial charge >= 0.3 is 0 Å². The van der Waals surface area contributed by atoms with Crippen molar-refractivity contribution in [2.24, 2.45) is 0 Å². The largest absolute Gasteiger partial charge is 0.298 e. The van der Waals surface area contributed by atoms with Crippen LogP contribution < -0.4 is 5.32 Å². The van der Waals surface area contributed by atoms with Crippen molar-refractivity contribution in [2.75, 3.05) is 5.32 Å². The predicted molar refractivity (Wildman–Crippen MR) is 79.0 cm³/mol. The molecule has 0 atom stereocenters. The second kappa shape index (κ2) is 4.99. The zero-order valence-corrected chi connectivity index (χ0v) is 11.3. The van der Waals surface area contributed by atoms with Crippen molar-refractivity contribution in [3.63, 3.8) is 0 Å². The molecular weight excluding hydrogens is 280 g/mol. The van der Waals surface area contributed by atoms with Crippen LogP contribution in [0.5, 0.6) is 0 Å². The smallest absolute Gasteiger partial charge is 0.257 e. The summed E-state index contributed by atoms with van der Waals surface area (Å²) in [7, 11) is 0. The summed E-state index contributed by atoms with van der Waals surface area (Å²) in [6.45, 7) is 0. The molecule has 1 amide bonds. The number of hydrogen-bond acceptors (Lipinski definition) is 3. The van der Waals surface area contributed by atoms with Crippen molar-refractivity contribution in [3.05, 3.63) is 59.1 Å². The SMILES string of the molecule is O=C(Nc1nc2cc(Cl)ccc2s1)c1ccccc1. The highest BCUT2D eigenvalue weighted by Crippen LogP contribution is 2.28. The summed E-state index contributed by atoms with van der Waals surface area (Å²) < 4.78 is 0.993. The fourth-order valence-electron chi connectivity index (χ4n) is 1.71. The van der Waals surface area contributed by atoms with E-state index in [1.807, 2.05) is 30.3 Å². The number of nitrogens with one attached hydrogen (secondary N) is 1. The number of anilines is 1. The number of aromatic nitrogens is 1. The topological polar surface area (TPSA) is 42.0 Å². The van der Waals surface area contributed by atoms with Crippen molar-refractivity contribution in [1.29, 1.82) is 0 Å². The van der Waals surface area contributed by atoms with E-state index >= 15 is 0 Å². The first-order valence-corrected chi connectivity index (χ1v) is 6.84. The van der Waals surface area contributed by atoms with Crippen LogP contribution in [0.3, 0.4) is 0 Å². The Hall–Kier alpha value is -1.91. The zero-order chi connectivity index (χ0) is 13.2. The van der Waals surface area contributed by atoms with E-state index in [9.17, 15) is 4.79 Å². The Kier molecular flexibility index (Phi) is 3.19. The third-order valence-electron chi connectivity index (χ3n) is 2.61. The van der Waals surface area contributed by atoms with Crippen molar-refractivity contribution in [1.82, 2.24) is 4.98 Å². The van der Waals surface area contributed by atoms with Gasteiger partial charge in [0.2, 0.25) is 0 Å². The highest BCUT2D eigenvalue weighted by molar-refractivity contribution is 7.22. The summed E-state index contributed by atoms with van der Waals surface area (Å²) in [5.74, 6) is -0.161. The van der Waals surface area contributed by atoms with E-state index in [1.165, 1.54) is 11.3 Å². The summed E-state index contributed by atoms with van der Waals surface area (Å²) in [5.41, 5.74) is 1.40. The molecule has 0 bridgehead atoms. The molecule has 0 saturated heterocycles. The van der Waals surface area contributed by atoms with E-state index < -0.39 is 0 Å². The second-order valence-corrected chi connectivity index (χ2v) is 5.42. The van der Waals surface area contributed by atoms with Gasteiger partial charge in [-0.3, -0.25) is 10.1 Å². The molecule has 0 radical (unpaired) electrons. The Labute approximate surface area is 118 Å². The van der Waals surface area contributed by atoms with E-state index in [-0.39, 0.29) is 5.91 Å². The van der Waals surface area contributed by atoms with Crippen molar-refractivity contribution in [3.8, 4) is 0 Å². The van der Waals surface area contributed by atoms with Crippen LogP contribution in [0, 0.1) is 0 Å². The molecule has 1 aromatic heterocycles. The first-order valence-electron chi connectivity index (χ1n) is 5.65. The molecule has 0 aliphatic rings. The molecule has 1 N–H and O–H groups in total. The van der Waals surface area contributed by atoms with Gasteiger partial charge in [-0.1, -0.05) is 41.1 Å². The molecule has 3 rings (SSSR count). The standard InChI is InChI=1S/C14H9ClN2OS/c15-10-6-7-12-11(8-10)16-14(19-12)17-13(18)9-4-2-1-3-5-9/h1-8H,(H,16,17,18). The van der Waals surface area contributed by atoms with E-state index in [0.717, 1.165) is 10.2 Å².